The monoisotopic (exact) mass is 354 g/mol. The van der Waals surface area contributed by atoms with Crippen LogP contribution in [0.1, 0.15) is 22.4 Å². The van der Waals surface area contributed by atoms with Gasteiger partial charge in [-0.05, 0) is 49.6 Å². The largest absolute Gasteiger partial charge is 0.369 e. The molecule has 1 aliphatic heterocycles. The van der Waals surface area contributed by atoms with Crippen LogP contribution in [0.15, 0.2) is 30.3 Å². The smallest absolute Gasteiger partial charge is 0.227 e. The number of rotatable bonds is 4. The fourth-order valence-electron chi connectivity index (χ4n) is 3.37. The van der Waals surface area contributed by atoms with Gasteiger partial charge in [-0.25, -0.2) is 4.98 Å². The van der Waals surface area contributed by atoms with E-state index in [4.69, 9.17) is 17.3 Å². The summed E-state index contributed by atoms with van der Waals surface area (Å²) < 4.78 is 0. The number of aryl methyl sites for hydroxylation is 2. The zero-order valence-electron chi connectivity index (χ0n) is 14.2. The molecular formula is C19H19ClN4O. The first-order valence-electron chi connectivity index (χ1n) is 8.02. The Bertz CT molecular complexity index is 864. The van der Waals surface area contributed by atoms with Crippen LogP contribution >= 0.6 is 11.6 Å². The van der Waals surface area contributed by atoms with E-state index in [1.807, 2.05) is 36.9 Å². The molecule has 2 N–H and O–H groups in total. The van der Waals surface area contributed by atoms with Crippen molar-refractivity contribution >= 4 is 23.3 Å². The van der Waals surface area contributed by atoms with Crippen LogP contribution in [0.2, 0.25) is 5.02 Å². The van der Waals surface area contributed by atoms with Gasteiger partial charge in [-0.15, -0.1) is 0 Å². The fraction of sp³-hybridized carbons (Fsp3) is 0.316. The van der Waals surface area contributed by atoms with E-state index in [1.165, 1.54) is 0 Å². The van der Waals surface area contributed by atoms with Crippen LogP contribution in [0.5, 0.6) is 0 Å². The second kappa shape index (κ2) is 6.38. The summed E-state index contributed by atoms with van der Waals surface area (Å²) in [6.07, 6.45) is 0.544. The van der Waals surface area contributed by atoms with Gasteiger partial charge < -0.3 is 10.6 Å². The third-order valence-electron chi connectivity index (χ3n) is 4.70. The summed E-state index contributed by atoms with van der Waals surface area (Å²) in [5.41, 5.74) is 8.35. The quantitative estimate of drug-likeness (QED) is 0.915. The predicted molar refractivity (Wildman–Crippen MR) is 97.4 cm³/mol. The van der Waals surface area contributed by atoms with Gasteiger partial charge in [-0.3, -0.25) is 4.79 Å². The van der Waals surface area contributed by atoms with E-state index < -0.39 is 5.41 Å². The Morgan fingerprint density at radius 1 is 1.36 bits per heavy atom. The van der Waals surface area contributed by atoms with E-state index >= 15 is 0 Å². The summed E-state index contributed by atoms with van der Waals surface area (Å²) in [6, 6.07) is 11.5. The zero-order valence-corrected chi connectivity index (χ0v) is 15.0. The highest BCUT2D eigenvalue weighted by atomic mass is 35.5. The number of amides is 1. The van der Waals surface area contributed by atoms with Gasteiger partial charge in [0.25, 0.3) is 0 Å². The van der Waals surface area contributed by atoms with E-state index in [-0.39, 0.29) is 5.91 Å². The second-order valence-electron chi connectivity index (χ2n) is 6.69. The number of carbonyl (C=O) groups is 1. The van der Waals surface area contributed by atoms with Crippen molar-refractivity contribution in [2.75, 3.05) is 18.0 Å². The van der Waals surface area contributed by atoms with Crippen molar-refractivity contribution in [2.24, 2.45) is 11.1 Å². The van der Waals surface area contributed by atoms with Gasteiger partial charge in [0.05, 0.1) is 11.0 Å². The van der Waals surface area contributed by atoms with Crippen LogP contribution in [0.4, 0.5) is 5.82 Å². The highest BCUT2D eigenvalue weighted by molar-refractivity contribution is 6.30. The number of aromatic nitrogens is 1. The van der Waals surface area contributed by atoms with Crippen LogP contribution in [0, 0.1) is 30.6 Å². The van der Waals surface area contributed by atoms with Crippen molar-refractivity contribution in [1.82, 2.24) is 4.98 Å². The molecule has 1 amide bonds. The van der Waals surface area contributed by atoms with Crippen LogP contribution in [-0.2, 0) is 11.2 Å². The molecule has 1 aliphatic rings. The van der Waals surface area contributed by atoms with Gasteiger partial charge in [0.15, 0.2) is 0 Å². The summed E-state index contributed by atoms with van der Waals surface area (Å²) in [4.78, 5) is 18.6. The van der Waals surface area contributed by atoms with E-state index in [1.54, 1.807) is 12.1 Å². The summed E-state index contributed by atoms with van der Waals surface area (Å²) in [6.45, 7) is 4.70. The molecule has 1 fully saturated rings. The van der Waals surface area contributed by atoms with Crippen LogP contribution in [0.25, 0.3) is 0 Å². The van der Waals surface area contributed by atoms with Gasteiger partial charge in [0, 0.05) is 23.8 Å². The molecule has 0 bridgehead atoms. The number of anilines is 1. The molecule has 1 saturated heterocycles. The van der Waals surface area contributed by atoms with Crippen molar-refractivity contribution in [3.63, 3.8) is 0 Å². The number of nitrogens with two attached hydrogens (primary N) is 1. The van der Waals surface area contributed by atoms with Gasteiger partial charge in [0.1, 0.15) is 11.9 Å². The summed E-state index contributed by atoms with van der Waals surface area (Å²) in [7, 11) is 0. The van der Waals surface area contributed by atoms with Gasteiger partial charge in [-0.2, -0.15) is 5.26 Å². The Labute approximate surface area is 152 Å². The Morgan fingerprint density at radius 3 is 2.56 bits per heavy atom. The van der Waals surface area contributed by atoms with Crippen LogP contribution in [-0.4, -0.2) is 24.0 Å². The highest BCUT2D eigenvalue weighted by Crippen LogP contribution is 2.38. The number of nitriles is 1. The van der Waals surface area contributed by atoms with Gasteiger partial charge in [0.2, 0.25) is 5.91 Å². The maximum Gasteiger partial charge on any atom is 0.227 e. The van der Waals surface area contributed by atoms with Crippen molar-refractivity contribution < 1.29 is 4.79 Å². The van der Waals surface area contributed by atoms with Gasteiger partial charge >= 0.3 is 0 Å². The van der Waals surface area contributed by atoms with Crippen molar-refractivity contribution in [3.8, 4) is 6.07 Å². The molecule has 5 nitrogen and oxygen atoms in total. The van der Waals surface area contributed by atoms with E-state index in [0.717, 1.165) is 16.8 Å². The minimum atomic E-state index is -0.653. The number of pyridine rings is 1. The summed E-state index contributed by atoms with van der Waals surface area (Å²) in [5.74, 6) is 0.301. The summed E-state index contributed by atoms with van der Waals surface area (Å²) >= 11 is 5.92. The SMILES string of the molecule is Cc1cc(C)c(C#N)c(N2CC(Cc3ccc(Cl)cc3)(C(N)=O)C2)n1. The van der Waals surface area contributed by atoms with Crippen molar-refractivity contribution in [3.05, 3.63) is 57.7 Å². The first kappa shape index (κ1) is 17.2. The second-order valence-corrected chi connectivity index (χ2v) is 7.13. The molecule has 1 aromatic heterocycles. The number of benzene rings is 1. The predicted octanol–water partition coefficient (Wildman–Crippen LogP) is 2.76. The molecule has 2 aromatic rings. The normalized spacial score (nSPS) is 15.4. The Kier molecular flexibility index (Phi) is 4.40. The number of hydrogen-bond acceptors (Lipinski definition) is 4. The Hall–Kier alpha value is -2.58. The number of carbonyl (C=O) groups excluding carboxylic acids is 1. The maximum absolute atomic E-state index is 12.1. The van der Waals surface area contributed by atoms with Crippen LogP contribution < -0.4 is 10.6 Å². The number of hydrogen-bond donors (Lipinski definition) is 1. The Morgan fingerprint density at radius 2 is 2.00 bits per heavy atom. The summed E-state index contributed by atoms with van der Waals surface area (Å²) in [5, 5.41) is 10.1. The topological polar surface area (TPSA) is 83.0 Å². The third kappa shape index (κ3) is 3.18. The molecule has 128 valence electrons. The molecule has 0 unspecified atom stereocenters. The fourth-order valence-corrected chi connectivity index (χ4v) is 3.49. The molecule has 25 heavy (non-hydrogen) atoms. The molecule has 0 radical (unpaired) electrons. The molecule has 3 rings (SSSR count). The first-order valence-corrected chi connectivity index (χ1v) is 8.40. The number of halogens is 1. The maximum atomic E-state index is 12.1. The van der Waals surface area contributed by atoms with E-state index in [0.29, 0.717) is 35.9 Å². The number of nitrogens with zero attached hydrogens (tertiary/aromatic N) is 3. The minimum Gasteiger partial charge on any atom is -0.369 e. The van der Waals surface area contributed by atoms with Gasteiger partial charge in [-0.1, -0.05) is 23.7 Å². The lowest BCUT2D eigenvalue weighted by molar-refractivity contribution is -0.129. The van der Waals surface area contributed by atoms with Crippen molar-refractivity contribution in [2.45, 2.75) is 20.3 Å². The van der Waals surface area contributed by atoms with E-state index in [2.05, 4.69) is 11.1 Å². The molecule has 0 spiro atoms. The molecule has 0 atom stereocenters. The third-order valence-corrected chi connectivity index (χ3v) is 4.95. The zero-order chi connectivity index (χ0) is 18.2. The van der Waals surface area contributed by atoms with Crippen LogP contribution in [0.3, 0.4) is 0 Å². The van der Waals surface area contributed by atoms with Crippen molar-refractivity contribution in [1.29, 1.82) is 5.26 Å². The average molecular weight is 355 g/mol. The molecular weight excluding hydrogens is 336 g/mol. The molecule has 0 saturated carbocycles. The number of primary amides is 1. The Balaban J connectivity index is 1.86. The molecule has 2 heterocycles. The molecule has 0 aliphatic carbocycles. The molecule has 1 aromatic carbocycles. The lowest BCUT2D eigenvalue weighted by Gasteiger charge is -2.49. The lowest BCUT2D eigenvalue weighted by Crippen LogP contribution is -2.64. The van der Waals surface area contributed by atoms with E-state index in [9.17, 15) is 10.1 Å². The highest BCUT2D eigenvalue weighted by Gasteiger charge is 2.49. The molecule has 6 heteroatoms. The standard InChI is InChI=1S/C19H19ClN4O/c1-12-7-13(2)23-17(16(12)9-21)24-10-19(11-24,18(22)25)8-14-3-5-15(20)6-4-14/h3-7H,8,10-11H2,1-2H3,(H2,22,25). The lowest BCUT2D eigenvalue weighted by atomic mass is 9.74. The average Bonchev–Trinajstić information content (AvgIpc) is 2.51. The first-order chi connectivity index (χ1) is 11.8. The minimum absolute atomic E-state index is 0.332.